The molecular weight excluding hydrogens is 370 g/mol. The molecule has 1 atom stereocenters. The van der Waals surface area contributed by atoms with Gasteiger partial charge >= 0.3 is 6.09 Å². The van der Waals surface area contributed by atoms with E-state index in [2.05, 4.69) is 15.3 Å². The van der Waals surface area contributed by atoms with Gasteiger partial charge in [0.1, 0.15) is 11.6 Å². The number of aromatic nitrogens is 2. The van der Waals surface area contributed by atoms with Gasteiger partial charge in [0.25, 0.3) is 5.91 Å². The quantitative estimate of drug-likeness (QED) is 0.818. The molecule has 2 heterocycles. The van der Waals surface area contributed by atoms with Gasteiger partial charge in [0.05, 0.1) is 0 Å². The zero-order valence-electron chi connectivity index (χ0n) is 15.0. The summed E-state index contributed by atoms with van der Waals surface area (Å²) in [6.07, 6.45) is 2.86. The lowest BCUT2D eigenvalue weighted by molar-refractivity contribution is 0.0655. The Morgan fingerprint density at radius 2 is 1.89 bits per heavy atom. The average molecular weight is 390 g/mol. The second-order valence-electron chi connectivity index (χ2n) is 6.70. The molecule has 0 spiro atoms. The highest BCUT2D eigenvalue weighted by atomic mass is 19.1. The van der Waals surface area contributed by atoms with Gasteiger partial charge in [-0.1, -0.05) is 0 Å². The third-order valence-electron chi connectivity index (χ3n) is 4.91. The number of amides is 2. The van der Waals surface area contributed by atoms with Crippen LogP contribution in [0.4, 0.5) is 13.6 Å². The molecule has 2 N–H and O–H groups in total. The smallest absolute Gasteiger partial charge is 0.404 e. The zero-order valence-corrected chi connectivity index (χ0v) is 15.0. The van der Waals surface area contributed by atoms with Crippen LogP contribution in [0.25, 0.3) is 0 Å². The first-order valence-corrected chi connectivity index (χ1v) is 8.93. The van der Waals surface area contributed by atoms with Gasteiger partial charge in [-0.15, -0.1) is 0 Å². The first kappa shape index (κ1) is 19.7. The maximum atomic E-state index is 14.0. The molecule has 0 aliphatic carbocycles. The summed E-state index contributed by atoms with van der Waals surface area (Å²) in [6.45, 7) is 0.816. The summed E-state index contributed by atoms with van der Waals surface area (Å²) in [5, 5.41) is 11.6. The van der Waals surface area contributed by atoms with Gasteiger partial charge in [-0.25, -0.2) is 23.5 Å². The fourth-order valence-electron chi connectivity index (χ4n) is 3.49. The lowest BCUT2D eigenvalue weighted by Crippen LogP contribution is -2.47. The molecule has 2 aromatic rings. The molecule has 1 aliphatic rings. The monoisotopic (exact) mass is 390 g/mol. The SMILES string of the molecule is O=C(O)NC(Cc1cc(F)ccc1F)C1CCN(C(=O)c2ncccn2)CC1. The molecule has 7 nitrogen and oxygen atoms in total. The number of carbonyl (C=O) groups excluding carboxylic acids is 1. The Hall–Kier alpha value is -3.10. The number of hydrogen-bond donors (Lipinski definition) is 2. The van der Waals surface area contributed by atoms with Crippen molar-refractivity contribution in [2.45, 2.75) is 25.3 Å². The second-order valence-corrected chi connectivity index (χ2v) is 6.70. The minimum atomic E-state index is -1.22. The number of benzene rings is 1. The van der Waals surface area contributed by atoms with Gasteiger partial charge in [0.15, 0.2) is 0 Å². The number of nitrogens with one attached hydrogen (secondary N) is 1. The van der Waals surface area contributed by atoms with Crippen LogP contribution in [0, 0.1) is 17.6 Å². The first-order chi connectivity index (χ1) is 13.4. The van der Waals surface area contributed by atoms with Crippen molar-refractivity contribution < 1.29 is 23.5 Å². The normalized spacial score (nSPS) is 15.9. The number of likely N-dealkylation sites (tertiary alicyclic amines) is 1. The van der Waals surface area contributed by atoms with E-state index in [1.165, 1.54) is 12.4 Å². The van der Waals surface area contributed by atoms with Crippen LogP contribution in [0.1, 0.15) is 29.0 Å². The van der Waals surface area contributed by atoms with Crippen LogP contribution >= 0.6 is 0 Å². The van der Waals surface area contributed by atoms with Crippen molar-refractivity contribution in [3.63, 3.8) is 0 Å². The minimum Gasteiger partial charge on any atom is -0.465 e. The van der Waals surface area contributed by atoms with Crippen LogP contribution in [0.3, 0.4) is 0 Å². The van der Waals surface area contributed by atoms with Gasteiger partial charge in [0.2, 0.25) is 5.82 Å². The molecule has 3 rings (SSSR count). The lowest BCUT2D eigenvalue weighted by atomic mass is 9.85. The van der Waals surface area contributed by atoms with Crippen LogP contribution in [0.15, 0.2) is 36.7 Å². The van der Waals surface area contributed by atoms with Crippen LogP contribution in [-0.2, 0) is 6.42 Å². The fraction of sp³-hybridized carbons (Fsp3) is 0.368. The van der Waals surface area contributed by atoms with Crippen molar-refractivity contribution in [1.82, 2.24) is 20.2 Å². The predicted octanol–water partition coefficient (Wildman–Crippen LogP) is 2.49. The van der Waals surface area contributed by atoms with E-state index in [9.17, 15) is 18.4 Å². The number of carboxylic acid groups (broad SMARTS) is 1. The van der Waals surface area contributed by atoms with Crippen LogP contribution in [0.2, 0.25) is 0 Å². The van der Waals surface area contributed by atoms with Crippen molar-refractivity contribution in [3.05, 3.63) is 59.7 Å². The van der Waals surface area contributed by atoms with Crippen molar-refractivity contribution >= 4 is 12.0 Å². The summed E-state index contributed by atoms with van der Waals surface area (Å²) in [5.74, 6) is -1.43. The van der Waals surface area contributed by atoms with E-state index >= 15 is 0 Å². The third-order valence-corrected chi connectivity index (χ3v) is 4.91. The van der Waals surface area contributed by atoms with Crippen molar-refractivity contribution in [3.8, 4) is 0 Å². The molecule has 0 bridgehead atoms. The van der Waals surface area contributed by atoms with E-state index in [1.807, 2.05) is 0 Å². The molecule has 148 valence electrons. The minimum absolute atomic E-state index is 0.0380. The fourth-order valence-corrected chi connectivity index (χ4v) is 3.49. The second kappa shape index (κ2) is 8.73. The molecule has 2 amide bonds. The average Bonchev–Trinajstić information content (AvgIpc) is 2.70. The van der Waals surface area contributed by atoms with Crippen LogP contribution in [0.5, 0.6) is 0 Å². The van der Waals surface area contributed by atoms with Gasteiger partial charge in [-0.2, -0.15) is 0 Å². The third kappa shape index (κ3) is 4.79. The topological polar surface area (TPSA) is 95.4 Å². The molecule has 1 unspecified atom stereocenters. The largest absolute Gasteiger partial charge is 0.465 e. The molecule has 1 aliphatic heterocycles. The molecule has 1 aromatic carbocycles. The van der Waals surface area contributed by atoms with E-state index in [0.717, 1.165) is 18.2 Å². The van der Waals surface area contributed by atoms with Crippen LogP contribution in [-0.4, -0.2) is 51.1 Å². The standard InChI is InChI=1S/C19H20F2N4O3/c20-14-2-3-15(21)13(10-14)11-16(24-19(27)28)12-4-8-25(9-5-12)18(26)17-22-6-1-7-23-17/h1-3,6-7,10,12,16,24H,4-5,8-9,11H2,(H,27,28). The Balaban J connectivity index is 1.67. The van der Waals surface area contributed by atoms with E-state index < -0.39 is 23.8 Å². The summed E-state index contributed by atoms with van der Waals surface area (Å²) in [7, 11) is 0. The van der Waals surface area contributed by atoms with Crippen molar-refractivity contribution in [1.29, 1.82) is 0 Å². The molecule has 0 radical (unpaired) electrons. The molecular formula is C19H20F2N4O3. The molecule has 28 heavy (non-hydrogen) atoms. The Morgan fingerprint density at radius 3 is 2.54 bits per heavy atom. The zero-order chi connectivity index (χ0) is 20.1. The lowest BCUT2D eigenvalue weighted by Gasteiger charge is -2.35. The van der Waals surface area contributed by atoms with E-state index in [-0.39, 0.29) is 29.6 Å². The number of hydrogen-bond acceptors (Lipinski definition) is 4. The predicted molar refractivity (Wildman–Crippen MR) is 95.7 cm³/mol. The highest BCUT2D eigenvalue weighted by Crippen LogP contribution is 2.25. The number of carbonyl (C=O) groups is 2. The van der Waals surface area contributed by atoms with Gasteiger partial charge in [0, 0.05) is 31.5 Å². The summed E-state index contributed by atoms with van der Waals surface area (Å²) < 4.78 is 27.4. The van der Waals surface area contributed by atoms with E-state index in [4.69, 9.17) is 5.11 Å². The molecule has 0 saturated carbocycles. The van der Waals surface area contributed by atoms with Gasteiger partial charge < -0.3 is 15.3 Å². The number of rotatable bonds is 5. The molecule has 9 heteroatoms. The summed E-state index contributed by atoms with van der Waals surface area (Å²) in [6, 6.07) is 4.17. The van der Waals surface area contributed by atoms with E-state index in [1.54, 1.807) is 11.0 Å². The molecule has 1 aromatic heterocycles. The number of piperidine rings is 1. The highest BCUT2D eigenvalue weighted by Gasteiger charge is 2.31. The van der Waals surface area contributed by atoms with Crippen molar-refractivity contribution in [2.24, 2.45) is 5.92 Å². The van der Waals surface area contributed by atoms with Crippen molar-refractivity contribution in [2.75, 3.05) is 13.1 Å². The molecule has 1 saturated heterocycles. The Bertz CT molecular complexity index is 842. The summed E-state index contributed by atoms with van der Waals surface area (Å²) in [5.41, 5.74) is 0.120. The Labute approximate surface area is 160 Å². The molecule has 1 fully saturated rings. The maximum Gasteiger partial charge on any atom is 0.404 e. The Kier molecular flexibility index (Phi) is 6.13. The van der Waals surface area contributed by atoms with Gasteiger partial charge in [-0.05, 0) is 55.0 Å². The number of halogens is 2. The number of nitrogens with zero attached hydrogens (tertiary/aromatic N) is 3. The van der Waals surface area contributed by atoms with Crippen LogP contribution < -0.4 is 5.32 Å². The van der Waals surface area contributed by atoms with Gasteiger partial charge in [-0.3, -0.25) is 4.79 Å². The maximum absolute atomic E-state index is 14.0. The summed E-state index contributed by atoms with van der Waals surface area (Å²) >= 11 is 0. The van der Waals surface area contributed by atoms with E-state index in [0.29, 0.717) is 25.9 Å². The highest BCUT2D eigenvalue weighted by molar-refractivity contribution is 5.90. The Morgan fingerprint density at radius 1 is 1.21 bits per heavy atom. The summed E-state index contributed by atoms with van der Waals surface area (Å²) in [4.78, 5) is 33.1. The first-order valence-electron chi connectivity index (χ1n) is 8.93.